The van der Waals surface area contributed by atoms with Crippen LogP contribution in [0.3, 0.4) is 0 Å². The molecule has 0 aliphatic carbocycles. The summed E-state index contributed by atoms with van der Waals surface area (Å²) in [4.78, 5) is 15.2. The van der Waals surface area contributed by atoms with Gasteiger partial charge >= 0.3 is 6.03 Å². The molecule has 0 aliphatic rings. The number of urea groups is 1. The van der Waals surface area contributed by atoms with Gasteiger partial charge in [-0.2, -0.15) is 0 Å². The Balaban J connectivity index is 1.94. The van der Waals surface area contributed by atoms with Crippen molar-refractivity contribution in [3.63, 3.8) is 0 Å². The van der Waals surface area contributed by atoms with Crippen molar-refractivity contribution in [2.75, 3.05) is 18.5 Å². The summed E-state index contributed by atoms with van der Waals surface area (Å²) in [5, 5.41) is 15.7. The van der Waals surface area contributed by atoms with Crippen molar-refractivity contribution < 1.29 is 9.90 Å². The maximum absolute atomic E-state index is 11.9. The van der Waals surface area contributed by atoms with Gasteiger partial charge in [0.15, 0.2) is 0 Å². The highest BCUT2D eigenvalue weighted by Crippen LogP contribution is 2.20. The van der Waals surface area contributed by atoms with Crippen LogP contribution in [0.15, 0.2) is 24.3 Å². The fourth-order valence-electron chi connectivity index (χ4n) is 2.24. The van der Waals surface area contributed by atoms with E-state index in [1.165, 1.54) is 0 Å². The summed E-state index contributed by atoms with van der Waals surface area (Å²) in [6.45, 7) is 6.67. The first-order chi connectivity index (χ1) is 9.89. The summed E-state index contributed by atoms with van der Waals surface area (Å²) in [6.07, 6.45) is 0.655. The Kier molecular flexibility index (Phi) is 4.53. The lowest BCUT2D eigenvalue weighted by atomic mass is 9.90. The van der Waals surface area contributed by atoms with Gasteiger partial charge < -0.3 is 20.7 Å². The molecule has 4 N–H and O–H groups in total. The van der Waals surface area contributed by atoms with Crippen molar-refractivity contribution in [2.24, 2.45) is 5.41 Å². The molecule has 1 aromatic carbocycles. The fraction of sp³-hybridized carbons (Fsp3) is 0.438. The SMILES string of the molecule is Cc1cc2cc(NC(=O)NCC(C)(C)CCO)ccc2[nH]1. The van der Waals surface area contributed by atoms with Gasteiger partial charge in [0, 0.05) is 35.4 Å². The molecular formula is C16H23N3O2. The highest BCUT2D eigenvalue weighted by molar-refractivity contribution is 5.93. The number of hydrogen-bond donors (Lipinski definition) is 4. The van der Waals surface area contributed by atoms with Crippen LogP contribution in [0.5, 0.6) is 0 Å². The number of hydrogen-bond acceptors (Lipinski definition) is 2. The highest BCUT2D eigenvalue weighted by Gasteiger charge is 2.18. The monoisotopic (exact) mass is 289 g/mol. The van der Waals surface area contributed by atoms with Crippen LogP contribution >= 0.6 is 0 Å². The predicted molar refractivity (Wildman–Crippen MR) is 85.5 cm³/mol. The first-order valence-electron chi connectivity index (χ1n) is 7.15. The zero-order chi connectivity index (χ0) is 15.5. The second-order valence-electron chi connectivity index (χ2n) is 6.20. The molecule has 2 amide bonds. The molecule has 0 fully saturated rings. The number of anilines is 1. The molecule has 0 atom stereocenters. The molecule has 2 rings (SSSR count). The molecule has 0 radical (unpaired) electrons. The molecule has 2 aromatic rings. The van der Waals surface area contributed by atoms with E-state index in [2.05, 4.69) is 15.6 Å². The normalized spacial score (nSPS) is 11.6. The average molecular weight is 289 g/mol. The highest BCUT2D eigenvalue weighted by atomic mass is 16.3. The lowest BCUT2D eigenvalue weighted by molar-refractivity contribution is 0.204. The number of benzene rings is 1. The summed E-state index contributed by atoms with van der Waals surface area (Å²) >= 11 is 0. The molecule has 0 saturated carbocycles. The van der Waals surface area contributed by atoms with E-state index in [1.54, 1.807) is 0 Å². The third kappa shape index (κ3) is 4.23. The van der Waals surface area contributed by atoms with E-state index in [4.69, 9.17) is 5.11 Å². The minimum Gasteiger partial charge on any atom is -0.396 e. The Hall–Kier alpha value is -2.01. The number of carbonyl (C=O) groups is 1. The van der Waals surface area contributed by atoms with Crippen molar-refractivity contribution in [1.29, 1.82) is 0 Å². The van der Waals surface area contributed by atoms with Crippen LogP contribution in [0.25, 0.3) is 10.9 Å². The Bertz CT molecular complexity index is 631. The van der Waals surface area contributed by atoms with Gasteiger partial charge in [0.25, 0.3) is 0 Å². The molecule has 5 nitrogen and oxygen atoms in total. The second kappa shape index (κ2) is 6.18. The number of nitrogens with one attached hydrogen (secondary N) is 3. The van der Waals surface area contributed by atoms with Crippen LogP contribution in [0.2, 0.25) is 0 Å². The van der Waals surface area contributed by atoms with Crippen LogP contribution in [0.4, 0.5) is 10.5 Å². The molecule has 114 valence electrons. The maximum Gasteiger partial charge on any atom is 0.319 e. The smallest absolute Gasteiger partial charge is 0.319 e. The Morgan fingerprint density at radius 2 is 2.10 bits per heavy atom. The first-order valence-corrected chi connectivity index (χ1v) is 7.15. The second-order valence-corrected chi connectivity index (χ2v) is 6.20. The van der Waals surface area contributed by atoms with Gasteiger partial charge in [-0.25, -0.2) is 4.79 Å². The number of aromatic amines is 1. The van der Waals surface area contributed by atoms with Gasteiger partial charge in [0.2, 0.25) is 0 Å². The zero-order valence-corrected chi connectivity index (χ0v) is 12.8. The molecule has 0 saturated heterocycles. The number of aromatic nitrogens is 1. The number of aliphatic hydroxyl groups excluding tert-OH is 1. The molecule has 1 aromatic heterocycles. The van der Waals surface area contributed by atoms with Crippen LogP contribution in [-0.4, -0.2) is 29.3 Å². The Morgan fingerprint density at radius 3 is 2.81 bits per heavy atom. The van der Waals surface area contributed by atoms with E-state index >= 15 is 0 Å². The number of rotatable bonds is 5. The lowest BCUT2D eigenvalue weighted by Gasteiger charge is -2.23. The van der Waals surface area contributed by atoms with Crippen LogP contribution in [0.1, 0.15) is 26.0 Å². The van der Waals surface area contributed by atoms with E-state index in [1.807, 2.05) is 45.0 Å². The molecule has 21 heavy (non-hydrogen) atoms. The van der Waals surface area contributed by atoms with Gasteiger partial charge in [0.1, 0.15) is 0 Å². The Labute approximate surface area is 124 Å². The van der Waals surface area contributed by atoms with Crippen molar-refractivity contribution in [1.82, 2.24) is 10.3 Å². The van der Waals surface area contributed by atoms with Crippen molar-refractivity contribution in [2.45, 2.75) is 27.2 Å². The summed E-state index contributed by atoms with van der Waals surface area (Å²) in [7, 11) is 0. The number of aryl methyl sites for hydroxylation is 1. The molecule has 0 unspecified atom stereocenters. The topological polar surface area (TPSA) is 77.2 Å². The van der Waals surface area contributed by atoms with E-state index < -0.39 is 0 Å². The molecule has 5 heteroatoms. The molecular weight excluding hydrogens is 266 g/mol. The number of fused-ring (bicyclic) bond motifs is 1. The predicted octanol–water partition coefficient (Wildman–Crippen LogP) is 3.01. The van der Waals surface area contributed by atoms with E-state index in [0.29, 0.717) is 13.0 Å². The largest absolute Gasteiger partial charge is 0.396 e. The van der Waals surface area contributed by atoms with Gasteiger partial charge in [-0.15, -0.1) is 0 Å². The van der Waals surface area contributed by atoms with Crippen LogP contribution in [0, 0.1) is 12.3 Å². The summed E-state index contributed by atoms with van der Waals surface area (Å²) < 4.78 is 0. The minimum atomic E-state index is -0.229. The van der Waals surface area contributed by atoms with Crippen LogP contribution in [-0.2, 0) is 0 Å². The quantitative estimate of drug-likeness (QED) is 0.683. The number of carbonyl (C=O) groups excluding carboxylic acids is 1. The summed E-state index contributed by atoms with van der Waals surface area (Å²) in [5.41, 5.74) is 2.80. The van der Waals surface area contributed by atoms with E-state index in [-0.39, 0.29) is 18.1 Å². The maximum atomic E-state index is 11.9. The molecule has 1 heterocycles. The van der Waals surface area contributed by atoms with Crippen molar-refractivity contribution >= 4 is 22.6 Å². The van der Waals surface area contributed by atoms with Gasteiger partial charge in [0.05, 0.1) is 0 Å². The number of aliphatic hydroxyl groups is 1. The Morgan fingerprint density at radius 1 is 1.33 bits per heavy atom. The first kappa shape index (κ1) is 15.4. The fourth-order valence-corrected chi connectivity index (χ4v) is 2.24. The van der Waals surface area contributed by atoms with Gasteiger partial charge in [-0.05, 0) is 43.0 Å². The third-order valence-electron chi connectivity index (χ3n) is 3.53. The molecule has 0 bridgehead atoms. The zero-order valence-electron chi connectivity index (χ0n) is 12.8. The van der Waals surface area contributed by atoms with Crippen molar-refractivity contribution in [3.05, 3.63) is 30.0 Å². The van der Waals surface area contributed by atoms with E-state index in [0.717, 1.165) is 22.3 Å². The summed E-state index contributed by atoms with van der Waals surface area (Å²) in [5.74, 6) is 0. The lowest BCUT2D eigenvalue weighted by Crippen LogP contribution is -2.37. The van der Waals surface area contributed by atoms with Crippen molar-refractivity contribution in [3.8, 4) is 0 Å². The van der Waals surface area contributed by atoms with Gasteiger partial charge in [-0.3, -0.25) is 0 Å². The average Bonchev–Trinajstić information content (AvgIpc) is 2.76. The number of H-pyrrole nitrogens is 1. The molecule has 0 aliphatic heterocycles. The third-order valence-corrected chi connectivity index (χ3v) is 3.53. The van der Waals surface area contributed by atoms with Gasteiger partial charge in [-0.1, -0.05) is 13.8 Å². The summed E-state index contributed by atoms with van der Waals surface area (Å²) in [6, 6.07) is 7.58. The standard InChI is InChI=1S/C16H23N3O2/c1-11-8-12-9-13(4-5-14(12)18-11)19-15(21)17-10-16(2,3)6-7-20/h4-5,8-9,18,20H,6-7,10H2,1-3H3,(H2,17,19,21). The number of amides is 2. The minimum absolute atomic E-state index is 0.117. The van der Waals surface area contributed by atoms with E-state index in [9.17, 15) is 4.79 Å². The molecule has 0 spiro atoms. The van der Waals surface area contributed by atoms with Crippen LogP contribution < -0.4 is 10.6 Å².